The number of nitrogens with one attached hydrogen (secondary N) is 1. The molecule has 1 saturated heterocycles. The van der Waals surface area contributed by atoms with Crippen molar-refractivity contribution in [1.82, 2.24) is 10.2 Å². The van der Waals surface area contributed by atoms with Crippen molar-refractivity contribution in [2.75, 3.05) is 12.0 Å². The van der Waals surface area contributed by atoms with Crippen molar-refractivity contribution in [2.45, 2.75) is 19.0 Å². The van der Waals surface area contributed by atoms with Gasteiger partial charge in [0.25, 0.3) is 5.91 Å². The fourth-order valence-corrected chi connectivity index (χ4v) is 2.93. The third-order valence-corrected chi connectivity index (χ3v) is 4.44. The van der Waals surface area contributed by atoms with Crippen LogP contribution >= 0.6 is 27.7 Å². The van der Waals surface area contributed by atoms with E-state index in [-0.39, 0.29) is 18.3 Å². The van der Waals surface area contributed by atoms with Crippen LogP contribution in [0.2, 0.25) is 0 Å². The van der Waals surface area contributed by atoms with Crippen LogP contribution in [-0.2, 0) is 11.3 Å². The Kier molecular flexibility index (Phi) is 5.04. The van der Waals surface area contributed by atoms with Crippen LogP contribution in [0.1, 0.15) is 12.0 Å². The largest absolute Gasteiger partial charge is 0.326 e. The van der Waals surface area contributed by atoms with E-state index in [1.165, 1.54) is 17.0 Å². The minimum absolute atomic E-state index is 0.140. The Bertz CT molecular complexity index is 541. The van der Waals surface area contributed by atoms with E-state index in [0.717, 1.165) is 5.75 Å². The maximum atomic E-state index is 13.0. The summed E-state index contributed by atoms with van der Waals surface area (Å²) in [6, 6.07) is 3.35. The van der Waals surface area contributed by atoms with Crippen molar-refractivity contribution in [3.8, 4) is 0 Å². The number of halogens is 2. The monoisotopic (exact) mass is 360 g/mol. The first-order chi connectivity index (χ1) is 9.52. The van der Waals surface area contributed by atoms with Gasteiger partial charge in [-0.15, -0.1) is 0 Å². The molecular formula is C13H14BrFN2O2S. The SMILES string of the molecule is CSCCC1NC(=O)N(Cc2ccc(F)cc2Br)C1=O. The molecule has 1 heterocycles. The summed E-state index contributed by atoms with van der Waals surface area (Å²) in [6.07, 6.45) is 2.57. The van der Waals surface area contributed by atoms with Crippen LogP contribution in [0.15, 0.2) is 22.7 Å². The summed E-state index contributed by atoms with van der Waals surface area (Å²) in [5.74, 6) is 0.223. The molecule has 0 bridgehead atoms. The Morgan fingerprint density at radius 2 is 2.20 bits per heavy atom. The summed E-state index contributed by atoms with van der Waals surface area (Å²) < 4.78 is 13.6. The minimum atomic E-state index is -0.450. The summed E-state index contributed by atoms with van der Waals surface area (Å²) in [6.45, 7) is 0.140. The Morgan fingerprint density at radius 3 is 2.85 bits per heavy atom. The van der Waals surface area contributed by atoms with E-state index in [1.807, 2.05) is 6.26 Å². The van der Waals surface area contributed by atoms with E-state index in [0.29, 0.717) is 16.5 Å². The van der Waals surface area contributed by atoms with Crippen LogP contribution < -0.4 is 5.32 Å². The van der Waals surface area contributed by atoms with Gasteiger partial charge in [-0.2, -0.15) is 11.8 Å². The molecule has 0 spiro atoms. The van der Waals surface area contributed by atoms with Crippen LogP contribution in [0.5, 0.6) is 0 Å². The van der Waals surface area contributed by atoms with Gasteiger partial charge >= 0.3 is 6.03 Å². The molecule has 0 aromatic heterocycles. The van der Waals surface area contributed by atoms with Gasteiger partial charge in [-0.3, -0.25) is 9.69 Å². The molecule has 1 N–H and O–H groups in total. The van der Waals surface area contributed by atoms with Crippen LogP contribution in [0.3, 0.4) is 0 Å². The molecule has 7 heteroatoms. The van der Waals surface area contributed by atoms with Crippen LogP contribution in [-0.4, -0.2) is 34.9 Å². The lowest BCUT2D eigenvalue weighted by Crippen LogP contribution is -2.31. The van der Waals surface area contributed by atoms with Gasteiger partial charge in [-0.05, 0) is 36.1 Å². The highest BCUT2D eigenvalue weighted by Gasteiger charge is 2.37. The van der Waals surface area contributed by atoms with Crippen LogP contribution in [0.25, 0.3) is 0 Å². The number of imide groups is 1. The second kappa shape index (κ2) is 6.58. The lowest BCUT2D eigenvalue weighted by molar-refractivity contribution is -0.127. The maximum absolute atomic E-state index is 13.0. The van der Waals surface area contributed by atoms with E-state index >= 15 is 0 Å². The van der Waals surface area contributed by atoms with E-state index in [4.69, 9.17) is 0 Å². The van der Waals surface area contributed by atoms with Gasteiger partial charge in [0, 0.05) is 4.47 Å². The Hall–Kier alpha value is -1.08. The molecule has 3 amide bonds. The van der Waals surface area contributed by atoms with Gasteiger partial charge in [-0.25, -0.2) is 9.18 Å². The predicted octanol–water partition coefficient (Wildman–Crippen LogP) is 2.76. The van der Waals surface area contributed by atoms with E-state index in [2.05, 4.69) is 21.2 Å². The number of hydrogen-bond acceptors (Lipinski definition) is 3. The lowest BCUT2D eigenvalue weighted by Gasteiger charge is -2.14. The van der Waals surface area contributed by atoms with E-state index < -0.39 is 12.1 Å². The van der Waals surface area contributed by atoms with Gasteiger partial charge in [-0.1, -0.05) is 22.0 Å². The molecule has 4 nitrogen and oxygen atoms in total. The zero-order valence-corrected chi connectivity index (χ0v) is 13.3. The number of hydrogen-bond donors (Lipinski definition) is 1. The number of urea groups is 1. The molecule has 2 rings (SSSR count). The molecule has 1 atom stereocenters. The van der Waals surface area contributed by atoms with Gasteiger partial charge < -0.3 is 5.32 Å². The number of carbonyl (C=O) groups excluding carboxylic acids is 2. The quantitative estimate of drug-likeness (QED) is 0.821. The number of rotatable bonds is 5. The molecule has 1 aromatic carbocycles. The number of amides is 3. The molecule has 0 saturated carbocycles. The topological polar surface area (TPSA) is 49.4 Å². The molecule has 1 fully saturated rings. The Balaban J connectivity index is 2.09. The van der Waals surface area contributed by atoms with Crippen molar-refractivity contribution in [3.63, 3.8) is 0 Å². The molecule has 1 aliphatic heterocycles. The van der Waals surface area contributed by atoms with Crippen molar-refractivity contribution in [1.29, 1.82) is 0 Å². The highest BCUT2D eigenvalue weighted by molar-refractivity contribution is 9.10. The fraction of sp³-hybridized carbons (Fsp3) is 0.385. The fourth-order valence-electron chi connectivity index (χ4n) is 1.98. The van der Waals surface area contributed by atoms with Crippen molar-refractivity contribution < 1.29 is 14.0 Å². The summed E-state index contributed by atoms with van der Waals surface area (Å²) in [5.41, 5.74) is 0.695. The second-order valence-electron chi connectivity index (χ2n) is 4.44. The van der Waals surface area contributed by atoms with Gasteiger partial charge in [0.05, 0.1) is 6.54 Å². The number of benzene rings is 1. The van der Waals surface area contributed by atoms with Crippen LogP contribution in [0, 0.1) is 5.82 Å². The predicted molar refractivity (Wildman–Crippen MR) is 80.0 cm³/mol. The first kappa shape index (κ1) is 15.3. The Labute approximate surface area is 129 Å². The van der Waals surface area contributed by atoms with Crippen molar-refractivity contribution in [3.05, 3.63) is 34.1 Å². The standard InChI is InChI=1S/C13H14BrFN2O2S/c1-20-5-4-11-12(18)17(13(19)16-11)7-8-2-3-9(15)6-10(8)14/h2-3,6,11H,4-5,7H2,1H3,(H,16,19). The van der Waals surface area contributed by atoms with Crippen molar-refractivity contribution in [2.24, 2.45) is 0 Å². The third kappa shape index (κ3) is 3.32. The van der Waals surface area contributed by atoms with E-state index in [1.54, 1.807) is 17.8 Å². The van der Waals surface area contributed by atoms with Crippen LogP contribution in [0.4, 0.5) is 9.18 Å². The zero-order chi connectivity index (χ0) is 14.7. The van der Waals surface area contributed by atoms with Gasteiger partial charge in [0.1, 0.15) is 11.9 Å². The molecule has 108 valence electrons. The molecular weight excluding hydrogens is 347 g/mol. The zero-order valence-electron chi connectivity index (χ0n) is 10.9. The summed E-state index contributed by atoms with van der Waals surface area (Å²) in [5, 5.41) is 2.67. The molecule has 1 aromatic rings. The highest BCUT2D eigenvalue weighted by atomic mass is 79.9. The number of thioether (sulfide) groups is 1. The molecule has 0 aliphatic carbocycles. The normalized spacial score (nSPS) is 18.6. The molecule has 1 unspecified atom stereocenters. The molecule has 0 radical (unpaired) electrons. The summed E-state index contributed by atoms with van der Waals surface area (Å²) >= 11 is 4.87. The number of carbonyl (C=O) groups is 2. The summed E-state index contributed by atoms with van der Waals surface area (Å²) in [7, 11) is 0. The van der Waals surface area contributed by atoms with Gasteiger partial charge in [0.2, 0.25) is 0 Å². The average molecular weight is 361 g/mol. The maximum Gasteiger partial charge on any atom is 0.325 e. The Morgan fingerprint density at radius 1 is 1.45 bits per heavy atom. The van der Waals surface area contributed by atoms with Gasteiger partial charge in [0.15, 0.2) is 0 Å². The lowest BCUT2D eigenvalue weighted by atomic mass is 10.2. The summed E-state index contributed by atoms with van der Waals surface area (Å²) in [4.78, 5) is 25.2. The number of nitrogens with zero attached hydrogens (tertiary/aromatic N) is 1. The second-order valence-corrected chi connectivity index (χ2v) is 6.28. The average Bonchev–Trinajstić information content (AvgIpc) is 2.66. The molecule has 20 heavy (non-hydrogen) atoms. The molecule has 1 aliphatic rings. The first-order valence-electron chi connectivity index (χ1n) is 6.07. The third-order valence-electron chi connectivity index (χ3n) is 3.06. The minimum Gasteiger partial charge on any atom is -0.326 e. The highest BCUT2D eigenvalue weighted by Crippen LogP contribution is 2.22. The van der Waals surface area contributed by atoms with E-state index in [9.17, 15) is 14.0 Å². The van der Waals surface area contributed by atoms with Crippen molar-refractivity contribution >= 4 is 39.6 Å². The smallest absolute Gasteiger partial charge is 0.325 e. The first-order valence-corrected chi connectivity index (χ1v) is 8.26.